The highest BCUT2D eigenvalue weighted by Gasteiger charge is 2.18. The Bertz CT molecular complexity index is 1630. The van der Waals surface area contributed by atoms with Crippen LogP contribution in [0.3, 0.4) is 0 Å². The fourth-order valence-corrected chi connectivity index (χ4v) is 4.42. The normalized spacial score (nSPS) is 12.4. The average molecular weight is 483 g/mol. The van der Waals surface area contributed by atoms with E-state index in [-0.39, 0.29) is 11.2 Å². The van der Waals surface area contributed by atoms with Gasteiger partial charge in [0.25, 0.3) is 5.56 Å². The molecule has 1 N–H and O–H groups in total. The molecule has 0 aliphatic carbocycles. The average Bonchev–Trinajstić information content (AvgIpc) is 3.52. The molecule has 3 heterocycles. The molecule has 1 aliphatic heterocycles. The van der Waals surface area contributed by atoms with E-state index in [1.54, 1.807) is 16.7 Å². The summed E-state index contributed by atoms with van der Waals surface area (Å²) in [6, 6.07) is 15.1. The summed E-state index contributed by atoms with van der Waals surface area (Å²) in [7, 11) is 0. The molecule has 0 unspecified atom stereocenters. The minimum atomic E-state index is -0.344. The van der Waals surface area contributed by atoms with E-state index >= 15 is 0 Å². The van der Waals surface area contributed by atoms with E-state index in [1.165, 1.54) is 4.57 Å². The van der Waals surface area contributed by atoms with Gasteiger partial charge < -0.3 is 9.72 Å². The van der Waals surface area contributed by atoms with Crippen molar-refractivity contribution in [2.75, 3.05) is 6.61 Å². The summed E-state index contributed by atoms with van der Waals surface area (Å²) < 4.78 is 8.78. The third kappa shape index (κ3) is 4.22. The van der Waals surface area contributed by atoms with Gasteiger partial charge in [-0.25, -0.2) is 9.78 Å². The molecule has 0 saturated heterocycles. The van der Waals surface area contributed by atoms with Gasteiger partial charge in [-0.05, 0) is 54.8 Å². The molecule has 0 saturated carbocycles. The number of nitriles is 1. The van der Waals surface area contributed by atoms with Crippen LogP contribution in [0.4, 0.5) is 5.69 Å². The smallest absolute Gasteiger partial charge is 0.332 e. The second-order valence-corrected chi connectivity index (χ2v) is 8.80. The summed E-state index contributed by atoms with van der Waals surface area (Å²) in [5.41, 5.74) is 4.25. The third-order valence-electron chi connectivity index (χ3n) is 6.18. The standard InChI is InChI=1S/C27H26N6O3/c1-3-11-32-25-23(26(34)33(12-4-2)27(32)35)30-24(31-25)18-7-9-21(10-8-18)36-16-20-14-19-6-5-17(15-28)13-22(19)29-20/h5-10,13H,3-4,11-12,14,16H2,1-2H3,(H,30,31). The van der Waals surface area contributed by atoms with Crippen LogP contribution < -0.4 is 16.0 Å². The second-order valence-electron chi connectivity index (χ2n) is 8.80. The van der Waals surface area contributed by atoms with Gasteiger partial charge in [0.05, 0.1) is 23.0 Å². The van der Waals surface area contributed by atoms with E-state index < -0.39 is 0 Å². The molecular formula is C27H26N6O3. The van der Waals surface area contributed by atoms with Crippen LogP contribution in [-0.2, 0) is 19.5 Å². The molecule has 0 radical (unpaired) electrons. The zero-order chi connectivity index (χ0) is 25.2. The number of aliphatic imine (C=N–C) groups is 1. The maximum atomic E-state index is 13.0. The number of aryl methyl sites for hydroxylation is 1. The first kappa shape index (κ1) is 23.3. The van der Waals surface area contributed by atoms with Crippen LogP contribution in [0.1, 0.15) is 37.8 Å². The molecule has 4 aromatic rings. The summed E-state index contributed by atoms with van der Waals surface area (Å²) in [5, 5.41) is 9.07. The lowest BCUT2D eigenvalue weighted by molar-refractivity contribution is 0.375. The molecule has 36 heavy (non-hydrogen) atoms. The van der Waals surface area contributed by atoms with Gasteiger partial charge in [-0.15, -0.1) is 0 Å². The lowest BCUT2D eigenvalue weighted by atomic mass is 10.1. The van der Waals surface area contributed by atoms with Crippen molar-refractivity contribution in [3.8, 4) is 23.2 Å². The molecule has 0 atom stereocenters. The molecule has 0 fully saturated rings. The number of nitrogens with zero attached hydrogens (tertiary/aromatic N) is 5. The van der Waals surface area contributed by atoms with Crippen LogP contribution in [0.25, 0.3) is 22.6 Å². The molecule has 0 spiro atoms. The van der Waals surface area contributed by atoms with E-state index in [2.05, 4.69) is 21.0 Å². The van der Waals surface area contributed by atoms with Gasteiger partial charge in [0.15, 0.2) is 5.65 Å². The Morgan fingerprint density at radius 1 is 1.06 bits per heavy atom. The minimum Gasteiger partial charge on any atom is -0.488 e. The van der Waals surface area contributed by atoms with Crippen LogP contribution in [0.5, 0.6) is 5.75 Å². The number of aromatic nitrogens is 4. The topological polar surface area (TPSA) is 118 Å². The third-order valence-corrected chi connectivity index (χ3v) is 6.18. The number of hydrogen-bond acceptors (Lipinski definition) is 6. The number of nitrogens with one attached hydrogen (secondary N) is 1. The molecule has 9 nitrogen and oxygen atoms in total. The summed E-state index contributed by atoms with van der Waals surface area (Å²) in [6.45, 7) is 5.13. The Hall–Kier alpha value is -4.45. The molecular weight excluding hydrogens is 456 g/mol. The highest BCUT2D eigenvalue weighted by Crippen LogP contribution is 2.28. The van der Waals surface area contributed by atoms with Gasteiger partial charge >= 0.3 is 5.69 Å². The zero-order valence-corrected chi connectivity index (χ0v) is 20.2. The van der Waals surface area contributed by atoms with Gasteiger partial charge in [-0.1, -0.05) is 19.9 Å². The maximum absolute atomic E-state index is 13.0. The van der Waals surface area contributed by atoms with Crippen LogP contribution in [0.2, 0.25) is 0 Å². The number of hydrogen-bond donors (Lipinski definition) is 1. The molecule has 9 heteroatoms. The molecule has 0 amide bonds. The molecule has 2 aromatic carbocycles. The van der Waals surface area contributed by atoms with Crippen molar-refractivity contribution in [1.82, 2.24) is 19.1 Å². The maximum Gasteiger partial charge on any atom is 0.332 e. The van der Waals surface area contributed by atoms with Crippen molar-refractivity contribution in [3.63, 3.8) is 0 Å². The Labute approximate surface area is 207 Å². The number of H-pyrrole nitrogens is 1. The fourth-order valence-electron chi connectivity index (χ4n) is 4.42. The van der Waals surface area contributed by atoms with Crippen LogP contribution in [0, 0.1) is 11.3 Å². The summed E-state index contributed by atoms with van der Waals surface area (Å²) >= 11 is 0. The highest BCUT2D eigenvalue weighted by molar-refractivity contribution is 5.95. The summed E-state index contributed by atoms with van der Waals surface area (Å²) in [4.78, 5) is 38.2. The Kier molecular flexibility index (Phi) is 6.25. The van der Waals surface area contributed by atoms with E-state index in [9.17, 15) is 9.59 Å². The van der Waals surface area contributed by atoms with E-state index in [1.807, 2.05) is 44.2 Å². The number of imidazole rings is 1. The van der Waals surface area contributed by atoms with Crippen molar-refractivity contribution in [1.29, 1.82) is 5.26 Å². The van der Waals surface area contributed by atoms with Gasteiger partial charge in [0.1, 0.15) is 23.7 Å². The minimum absolute atomic E-state index is 0.321. The number of benzene rings is 2. The van der Waals surface area contributed by atoms with Gasteiger partial charge in [0.2, 0.25) is 0 Å². The van der Waals surface area contributed by atoms with E-state index in [0.717, 1.165) is 28.9 Å². The number of aromatic amines is 1. The van der Waals surface area contributed by atoms with Crippen molar-refractivity contribution in [2.45, 2.75) is 46.2 Å². The van der Waals surface area contributed by atoms with Crippen molar-refractivity contribution < 1.29 is 4.74 Å². The lowest BCUT2D eigenvalue weighted by Crippen LogP contribution is -2.40. The van der Waals surface area contributed by atoms with Crippen LogP contribution >= 0.6 is 0 Å². The summed E-state index contributed by atoms with van der Waals surface area (Å²) in [5.74, 6) is 1.20. The Morgan fingerprint density at radius 2 is 1.81 bits per heavy atom. The van der Waals surface area contributed by atoms with Gasteiger partial charge in [0, 0.05) is 25.1 Å². The Morgan fingerprint density at radius 3 is 2.53 bits per heavy atom. The van der Waals surface area contributed by atoms with Crippen LogP contribution in [-0.4, -0.2) is 31.4 Å². The predicted octanol–water partition coefficient (Wildman–Crippen LogP) is 3.95. The van der Waals surface area contributed by atoms with Crippen LogP contribution in [0.15, 0.2) is 57.0 Å². The second kappa shape index (κ2) is 9.66. The summed E-state index contributed by atoms with van der Waals surface area (Å²) in [6.07, 6.45) is 2.14. The molecule has 2 aromatic heterocycles. The lowest BCUT2D eigenvalue weighted by Gasteiger charge is -2.09. The predicted molar refractivity (Wildman–Crippen MR) is 138 cm³/mol. The largest absolute Gasteiger partial charge is 0.488 e. The van der Waals surface area contributed by atoms with Crippen molar-refractivity contribution >= 4 is 22.6 Å². The molecule has 1 aliphatic rings. The highest BCUT2D eigenvalue weighted by atomic mass is 16.5. The molecule has 182 valence electrons. The Balaban J connectivity index is 1.37. The first-order valence-electron chi connectivity index (χ1n) is 12.1. The van der Waals surface area contributed by atoms with Gasteiger partial charge in [-0.3, -0.25) is 18.9 Å². The van der Waals surface area contributed by atoms with E-state index in [4.69, 9.17) is 10.00 Å². The molecule has 0 bridgehead atoms. The first-order valence-corrected chi connectivity index (χ1v) is 12.1. The van der Waals surface area contributed by atoms with Gasteiger partial charge in [-0.2, -0.15) is 5.26 Å². The van der Waals surface area contributed by atoms with Crippen molar-refractivity contribution in [3.05, 3.63) is 74.4 Å². The number of fused-ring (bicyclic) bond motifs is 2. The molecule has 5 rings (SSSR count). The zero-order valence-electron chi connectivity index (χ0n) is 20.2. The van der Waals surface area contributed by atoms with Crippen molar-refractivity contribution in [2.24, 2.45) is 4.99 Å². The number of rotatable bonds is 8. The quantitative estimate of drug-likeness (QED) is 0.408. The first-order chi connectivity index (χ1) is 17.5. The van der Waals surface area contributed by atoms with E-state index in [0.29, 0.717) is 60.8 Å². The monoisotopic (exact) mass is 482 g/mol. The number of ether oxygens (including phenoxy) is 1. The SMILES string of the molecule is CCCn1c(=O)c2[nH]c(-c3ccc(OCC4=Nc5cc(C#N)ccc5C4)cc3)nc2n(CCC)c1=O. The fraction of sp³-hybridized carbons (Fsp3) is 0.296.